The molecule has 3 nitrogen and oxygen atoms in total. The van der Waals surface area contributed by atoms with Crippen LogP contribution in [0.15, 0.2) is 18.2 Å². The van der Waals surface area contributed by atoms with E-state index in [1.807, 2.05) is 19.2 Å². The number of rotatable bonds is 2. The second kappa shape index (κ2) is 3.26. The number of nitrogens with one attached hydrogen (secondary N) is 1. The summed E-state index contributed by atoms with van der Waals surface area (Å²) in [7, 11) is 1.91. The standard InChI is InChI=1S/C10H14N2O/c1-12-8-2-3-10-7(4-8)5-9(6-11)13-10/h2-4,9,12H,5-6,11H2,1H3. The molecule has 2 rings (SSSR count). The zero-order chi connectivity index (χ0) is 9.26. The molecular formula is C10H14N2O. The smallest absolute Gasteiger partial charge is 0.123 e. The van der Waals surface area contributed by atoms with Crippen molar-refractivity contribution in [3.05, 3.63) is 23.8 Å². The lowest BCUT2D eigenvalue weighted by molar-refractivity contribution is 0.241. The van der Waals surface area contributed by atoms with E-state index in [1.54, 1.807) is 0 Å². The van der Waals surface area contributed by atoms with Crippen molar-refractivity contribution in [2.75, 3.05) is 18.9 Å². The summed E-state index contributed by atoms with van der Waals surface area (Å²) in [6.45, 7) is 0.587. The summed E-state index contributed by atoms with van der Waals surface area (Å²) >= 11 is 0. The Morgan fingerprint density at radius 3 is 3.15 bits per heavy atom. The van der Waals surface area contributed by atoms with Crippen LogP contribution in [0.3, 0.4) is 0 Å². The van der Waals surface area contributed by atoms with E-state index >= 15 is 0 Å². The Morgan fingerprint density at radius 1 is 1.62 bits per heavy atom. The zero-order valence-electron chi connectivity index (χ0n) is 7.71. The molecule has 0 radical (unpaired) electrons. The minimum absolute atomic E-state index is 0.169. The van der Waals surface area contributed by atoms with Gasteiger partial charge >= 0.3 is 0 Å². The number of benzene rings is 1. The van der Waals surface area contributed by atoms with Crippen LogP contribution in [0.5, 0.6) is 5.75 Å². The first kappa shape index (κ1) is 8.38. The Labute approximate surface area is 77.9 Å². The third kappa shape index (κ3) is 1.47. The van der Waals surface area contributed by atoms with Crippen LogP contribution in [0.4, 0.5) is 5.69 Å². The number of hydrogen-bond donors (Lipinski definition) is 2. The van der Waals surface area contributed by atoms with E-state index in [0.717, 1.165) is 17.9 Å². The summed E-state index contributed by atoms with van der Waals surface area (Å²) in [5.74, 6) is 0.981. The topological polar surface area (TPSA) is 47.3 Å². The molecule has 3 heteroatoms. The second-order valence-electron chi connectivity index (χ2n) is 3.25. The van der Waals surface area contributed by atoms with Crippen LogP contribution < -0.4 is 15.8 Å². The maximum atomic E-state index is 5.60. The first-order valence-corrected chi connectivity index (χ1v) is 4.51. The minimum atomic E-state index is 0.169. The van der Waals surface area contributed by atoms with E-state index in [9.17, 15) is 0 Å². The lowest BCUT2D eigenvalue weighted by Gasteiger charge is -2.05. The second-order valence-corrected chi connectivity index (χ2v) is 3.25. The molecule has 0 amide bonds. The van der Waals surface area contributed by atoms with Crippen molar-refractivity contribution < 1.29 is 4.74 Å². The van der Waals surface area contributed by atoms with Gasteiger partial charge in [0.15, 0.2) is 0 Å². The quantitative estimate of drug-likeness (QED) is 0.710. The van der Waals surface area contributed by atoms with E-state index in [2.05, 4.69) is 11.4 Å². The highest BCUT2D eigenvalue weighted by Gasteiger charge is 2.21. The molecule has 13 heavy (non-hydrogen) atoms. The fraction of sp³-hybridized carbons (Fsp3) is 0.400. The van der Waals surface area contributed by atoms with Crippen molar-refractivity contribution in [3.8, 4) is 5.75 Å². The molecule has 1 heterocycles. The van der Waals surface area contributed by atoms with E-state index < -0.39 is 0 Å². The normalized spacial score (nSPS) is 19.4. The third-order valence-electron chi connectivity index (χ3n) is 2.35. The van der Waals surface area contributed by atoms with Gasteiger partial charge in [-0.05, 0) is 23.8 Å². The average molecular weight is 178 g/mol. The molecule has 0 spiro atoms. The fourth-order valence-electron chi connectivity index (χ4n) is 1.61. The zero-order valence-corrected chi connectivity index (χ0v) is 7.71. The van der Waals surface area contributed by atoms with Crippen molar-refractivity contribution in [1.29, 1.82) is 0 Å². The van der Waals surface area contributed by atoms with Crippen LogP contribution in [-0.4, -0.2) is 19.7 Å². The van der Waals surface area contributed by atoms with Crippen molar-refractivity contribution in [2.24, 2.45) is 5.73 Å². The Hall–Kier alpha value is -1.22. The lowest BCUT2D eigenvalue weighted by Crippen LogP contribution is -2.24. The van der Waals surface area contributed by atoms with Gasteiger partial charge in [0.25, 0.3) is 0 Å². The summed E-state index contributed by atoms with van der Waals surface area (Å²) in [4.78, 5) is 0. The van der Waals surface area contributed by atoms with E-state index in [4.69, 9.17) is 10.5 Å². The molecule has 1 aliphatic heterocycles. The highest BCUT2D eigenvalue weighted by atomic mass is 16.5. The molecule has 0 bridgehead atoms. The molecule has 1 unspecified atom stereocenters. The van der Waals surface area contributed by atoms with Gasteiger partial charge in [0.2, 0.25) is 0 Å². The first-order chi connectivity index (χ1) is 6.33. The van der Waals surface area contributed by atoms with Gasteiger partial charge in [-0.25, -0.2) is 0 Å². The maximum absolute atomic E-state index is 5.60. The van der Waals surface area contributed by atoms with Crippen LogP contribution >= 0.6 is 0 Å². The SMILES string of the molecule is CNc1ccc2c(c1)CC(CN)O2. The Morgan fingerprint density at radius 2 is 2.46 bits per heavy atom. The van der Waals surface area contributed by atoms with Gasteiger partial charge in [0, 0.05) is 25.7 Å². The molecule has 1 aliphatic rings. The van der Waals surface area contributed by atoms with Crippen LogP contribution in [0, 0.1) is 0 Å². The molecule has 70 valence electrons. The van der Waals surface area contributed by atoms with Gasteiger partial charge < -0.3 is 15.8 Å². The highest BCUT2D eigenvalue weighted by molar-refractivity contribution is 5.52. The number of hydrogen-bond acceptors (Lipinski definition) is 3. The Balaban J connectivity index is 2.25. The monoisotopic (exact) mass is 178 g/mol. The highest BCUT2D eigenvalue weighted by Crippen LogP contribution is 2.30. The van der Waals surface area contributed by atoms with Crippen molar-refractivity contribution in [3.63, 3.8) is 0 Å². The Bertz CT molecular complexity index is 312. The number of anilines is 1. The molecule has 0 saturated carbocycles. The van der Waals surface area contributed by atoms with Crippen molar-refractivity contribution in [1.82, 2.24) is 0 Å². The molecule has 1 atom stereocenters. The first-order valence-electron chi connectivity index (χ1n) is 4.51. The van der Waals surface area contributed by atoms with Gasteiger partial charge in [0.1, 0.15) is 11.9 Å². The molecule has 1 aromatic rings. The molecule has 1 aromatic carbocycles. The van der Waals surface area contributed by atoms with Crippen molar-refractivity contribution >= 4 is 5.69 Å². The Kier molecular flexibility index (Phi) is 2.10. The van der Waals surface area contributed by atoms with Gasteiger partial charge in [-0.3, -0.25) is 0 Å². The molecule has 3 N–H and O–H groups in total. The molecule has 0 fully saturated rings. The number of ether oxygens (including phenoxy) is 1. The van der Waals surface area contributed by atoms with Gasteiger partial charge in [-0.1, -0.05) is 0 Å². The van der Waals surface area contributed by atoms with Gasteiger partial charge in [-0.15, -0.1) is 0 Å². The molecule has 0 aliphatic carbocycles. The largest absolute Gasteiger partial charge is 0.488 e. The van der Waals surface area contributed by atoms with E-state index in [1.165, 1.54) is 5.56 Å². The predicted octanol–water partition coefficient (Wildman–Crippen LogP) is 0.990. The number of nitrogens with two attached hydrogens (primary N) is 1. The van der Waals surface area contributed by atoms with Crippen molar-refractivity contribution in [2.45, 2.75) is 12.5 Å². The average Bonchev–Trinajstić information content (AvgIpc) is 2.58. The minimum Gasteiger partial charge on any atom is -0.488 e. The summed E-state index contributed by atoms with van der Waals surface area (Å²) in [6, 6.07) is 6.12. The van der Waals surface area contributed by atoms with Crippen LogP contribution in [-0.2, 0) is 6.42 Å². The molecule has 0 saturated heterocycles. The predicted molar refractivity (Wildman–Crippen MR) is 53.2 cm³/mol. The van der Waals surface area contributed by atoms with Gasteiger partial charge in [0.05, 0.1) is 0 Å². The van der Waals surface area contributed by atoms with E-state index in [0.29, 0.717) is 6.54 Å². The summed E-state index contributed by atoms with van der Waals surface area (Å²) in [6.07, 6.45) is 1.10. The summed E-state index contributed by atoms with van der Waals surface area (Å²) in [5.41, 5.74) is 7.92. The number of fused-ring (bicyclic) bond motifs is 1. The molecular weight excluding hydrogens is 164 g/mol. The summed E-state index contributed by atoms with van der Waals surface area (Å²) < 4.78 is 5.60. The summed E-state index contributed by atoms with van der Waals surface area (Å²) in [5, 5.41) is 3.10. The van der Waals surface area contributed by atoms with Gasteiger partial charge in [-0.2, -0.15) is 0 Å². The fourth-order valence-corrected chi connectivity index (χ4v) is 1.61. The molecule has 0 aromatic heterocycles. The van der Waals surface area contributed by atoms with Crippen LogP contribution in [0.1, 0.15) is 5.56 Å². The van der Waals surface area contributed by atoms with Crippen LogP contribution in [0.25, 0.3) is 0 Å². The van der Waals surface area contributed by atoms with Crippen LogP contribution in [0.2, 0.25) is 0 Å². The van der Waals surface area contributed by atoms with E-state index in [-0.39, 0.29) is 6.10 Å². The third-order valence-corrected chi connectivity index (χ3v) is 2.35. The maximum Gasteiger partial charge on any atom is 0.123 e. The lowest BCUT2D eigenvalue weighted by atomic mass is 10.1.